The van der Waals surface area contributed by atoms with Crippen LogP contribution in [0, 0.1) is 5.82 Å². The highest BCUT2D eigenvalue weighted by Crippen LogP contribution is 2.32. The summed E-state index contributed by atoms with van der Waals surface area (Å²) in [6.07, 6.45) is 4.44. The van der Waals surface area contributed by atoms with Crippen LogP contribution in [0.2, 0.25) is 0 Å². The van der Waals surface area contributed by atoms with Crippen molar-refractivity contribution in [3.05, 3.63) is 54.3 Å². The van der Waals surface area contributed by atoms with Gasteiger partial charge in [0.15, 0.2) is 9.84 Å². The van der Waals surface area contributed by atoms with E-state index in [2.05, 4.69) is 15.1 Å². The van der Waals surface area contributed by atoms with E-state index in [0.29, 0.717) is 36.2 Å². The number of rotatable bonds is 4. The fourth-order valence-electron chi connectivity index (χ4n) is 3.43. The molecule has 1 aromatic carbocycles. The van der Waals surface area contributed by atoms with Crippen molar-refractivity contribution in [1.29, 1.82) is 0 Å². The Bertz CT molecular complexity index is 1100. The Hall–Kier alpha value is -2.81. The van der Waals surface area contributed by atoms with Gasteiger partial charge in [-0.3, -0.25) is 0 Å². The average molecular weight is 402 g/mol. The number of piperidine rings is 1. The first-order chi connectivity index (χ1) is 13.4. The lowest BCUT2D eigenvalue weighted by Gasteiger charge is -2.32. The fourth-order valence-corrected chi connectivity index (χ4v) is 4.27. The summed E-state index contributed by atoms with van der Waals surface area (Å²) in [6, 6.07) is 9.21. The lowest BCUT2D eigenvalue weighted by molar-refractivity contribution is 0.333. The molecule has 9 heteroatoms. The number of anilines is 1. The van der Waals surface area contributed by atoms with Crippen molar-refractivity contribution in [2.75, 3.05) is 24.2 Å². The van der Waals surface area contributed by atoms with Gasteiger partial charge < -0.3 is 9.42 Å². The van der Waals surface area contributed by atoms with Gasteiger partial charge in [-0.15, -0.1) is 0 Å². The predicted molar refractivity (Wildman–Crippen MR) is 101 cm³/mol. The standard InChI is InChI=1S/C19H19FN4O3S/c1-28(25,26)16-8-3-9-21-18(16)24-10-4-6-14(12-24)19-22-17(23-27-19)13-5-2-7-15(20)11-13/h2-3,5,7-9,11,14H,4,6,10,12H2,1H3. The number of benzene rings is 1. The van der Waals surface area contributed by atoms with Crippen LogP contribution in [0.15, 0.2) is 52.0 Å². The summed E-state index contributed by atoms with van der Waals surface area (Å²) < 4.78 is 43.1. The van der Waals surface area contributed by atoms with E-state index in [9.17, 15) is 12.8 Å². The number of halogens is 1. The highest BCUT2D eigenvalue weighted by Gasteiger charge is 2.29. The molecule has 0 N–H and O–H groups in total. The van der Waals surface area contributed by atoms with Gasteiger partial charge in [-0.25, -0.2) is 17.8 Å². The first-order valence-corrected chi connectivity index (χ1v) is 10.8. The van der Waals surface area contributed by atoms with Crippen LogP contribution in [0.1, 0.15) is 24.7 Å². The quantitative estimate of drug-likeness (QED) is 0.662. The molecule has 1 atom stereocenters. The van der Waals surface area contributed by atoms with Gasteiger partial charge in [-0.1, -0.05) is 17.3 Å². The summed E-state index contributed by atoms with van der Waals surface area (Å²) in [7, 11) is -3.39. The number of sulfone groups is 1. The normalized spacial score (nSPS) is 17.6. The SMILES string of the molecule is CS(=O)(=O)c1cccnc1N1CCCC(c2nc(-c3cccc(F)c3)no2)C1. The third-order valence-electron chi connectivity index (χ3n) is 4.75. The summed E-state index contributed by atoms with van der Waals surface area (Å²) in [5, 5.41) is 3.97. The molecule has 2 aromatic heterocycles. The van der Waals surface area contributed by atoms with E-state index in [1.165, 1.54) is 18.4 Å². The van der Waals surface area contributed by atoms with E-state index in [1.54, 1.807) is 30.5 Å². The van der Waals surface area contributed by atoms with Crippen LogP contribution in [-0.4, -0.2) is 42.9 Å². The molecule has 4 rings (SSSR count). The van der Waals surface area contributed by atoms with Gasteiger partial charge in [0.1, 0.15) is 16.5 Å². The molecule has 1 unspecified atom stereocenters. The predicted octanol–water partition coefficient (Wildman–Crippen LogP) is 3.06. The molecule has 3 aromatic rings. The van der Waals surface area contributed by atoms with Gasteiger partial charge in [0.05, 0.1) is 5.92 Å². The summed E-state index contributed by atoms with van der Waals surface area (Å²) >= 11 is 0. The summed E-state index contributed by atoms with van der Waals surface area (Å²) in [4.78, 5) is 10.9. The number of pyridine rings is 1. The van der Waals surface area contributed by atoms with E-state index in [0.717, 1.165) is 12.8 Å². The second-order valence-corrected chi connectivity index (χ2v) is 8.83. The molecule has 0 bridgehead atoms. The van der Waals surface area contributed by atoms with Crippen molar-refractivity contribution in [2.24, 2.45) is 0 Å². The van der Waals surface area contributed by atoms with E-state index in [4.69, 9.17) is 4.52 Å². The van der Waals surface area contributed by atoms with Crippen molar-refractivity contribution >= 4 is 15.7 Å². The zero-order chi connectivity index (χ0) is 19.7. The first-order valence-electron chi connectivity index (χ1n) is 8.91. The van der Waals surface area contributed by atoms with Gasteiger partial charge in [-0.05, 0) is 37.1 Å². The Labute approximate surface area is 162 Å². The van der Waals surface area contributed by atoms with Gasteiger partial charge in [0.25, 0.3) is 0 Å². The van der Waals surface area contributed by atoms with Crippen molar-refractivity contribution in [2.45, 2.75) is 23.7 Å². The lowest BCUT2D eigenvalue weighted by Crippen LogP contribution is -2.36. The molecule has 0 aliphatic carbocycles. The fraction of sp³-hybridized carbons (Fsp3) is 0.316. The van der Waals surface area contributed by atoms with Crippen LogP contribution in [0.5, 0.6) is 0 Å². The molecule has 7 nitrogen and oxygen atoms in total. The molecule has 3 heterocycles. The van der Waals surface area contributed by atoms with E-state index >= 15 is 0 Å². The van der Waals surface area contributed by atoms with Crippen LogP contribution in [0.3, 0.4) is 0 Å². The maximum atomic E-state index is 13.4. The van der Waals surface area contributed by atoms with Crippen molar-refractivity contribution in [1.82, 2.24) is 15.1 Å². The van der Waals surface area contributed by atoms with Gasteiger partial charge in [0, 0.05) is 31.1 Å². The minimum atomic E-state index is -3.39. The molecule has 0 spiro atoms. The second-order valence-electron chi connectivity index (χ2n) is 6.85. The third-order valence-corrected chi connectivity index (χ3v) is 5.86. The van der Waals surface area contributed by atoms with E-state index in [-0.39, 0.29) is 16.6 Å². The molecule has 1 fully saturated rings. The summed E-state index contributed by atoms with van der Waals surface area (Å²) in [6.45, 7) is 1.21. The van der Waals surface area contributed by atoms with Crippen LogP contribution in [0.25, 0.3) is 11.4 Å². The molecule has 0 radical (unpaired) electrons. The molecule has 1 aliphatic heterocycles. The van der Waals surface area contributed by atoms with Gasteiger partial charge in [-0.2, -0.15) is 4.98 Å². The highest BCUT2D eigenvalue weighted by molar-refractivity contribution is 7.90. The molecular formula is C19H19FN4O3S. The molecule has 1 aliphatic rings. The maximum absolute atomic E-state index is 13.4. The van der Waals surface area contributed by atoms with E-state index in [1.807, 2.05) is 4.90 Å². The minimum Gasteiger partial charge on any atom is -0.355 e. The molecule has 146 valence electrons. The average Bonchev–Trinajstić information content (AvgIpc) is 3.18. The second kappa shape index (κ2) is 7.31. The van der Waals surface area contributed by atoms with Crippen molar-refractivity contribution < 1.29 is 17.3 Å². The maximum Gasteiger partial charge on any atom is 0.231 e. The highest BCUT2D eigenvalue weighted by atomic mass is 32.2. The minimum absolute atomic E-state index is 0.0574. The number of hydrogen-bond donors (Lipinski definition) is 0. The van der Waals surface area contributed by atoms with Crippen LogP contribution in [-0.2, 0) is 9.84 Å². The summed E-state index contributed by atoms with van der Waals surface area (Å²) in [5.41, 5.74) is 0.548. The Kier molecular flexibility index (Phi) is 4.84. The van der Waals surface area contributed by atoms with Crippen LogP contribution >= 0.6 is 0 Å². The zero-order valence-corrected chi connectivity index (χ0v) is 16.1. The molecule has 0 amide bonds. The Morgan fingerprint density at radius 1 is 1.25 bits per heavy atom. The van der Waals surface area contributed by atoms with Gasteiger partial charge in [0.2, 0.25) is 11.7 Å². The largest absolute Gasteiger partial charge is 0.355 e. The monoisotopic (exact) mass is 402 g/mol. The first kappa shape index (κ1) is 18.5. The zero-order valence-electron chi connectivity index (χ0n) is 15.2. The van der Waals surface area contributed by atoms with Gasteiger partial charge >= 0.3 is 0 Å². The Morgan fingerprint density at radius 3 is 2.89 bits per heavy atom. The molecular weight excluding hydrogens is 383 g/mol. The van der Waals surface area contributed by atoms with Crippen LogP contribution in [0.4, 0.5) is 10.2 Å². The number of nitrogens with zero attached hydrogens (tertiary/aromatic N) is 4. The lowest BCUT2D eigenvalue weighted by atomic mass is 9.98. The Morgan fingerprint density at radius 2 is 2.11 bits per heavy atom. The number of aromatic nitrogens is 3. The molecule has 28 heavy (non-hydrogen) atoms. The van der Waals surface area contributed by atoms with Crippen molar-refractivity contribution in [3.63, 3.8) is 0 Å². The molecule has 0 saturated carbocycles. The summed E-state index contributed by atoms with van der Waals surface area (Å²) in [5.74, 6) is 0.816. The smallest absolute Gasteiger partial charge is 0.231 e. The number of hydrogen-bond acceptors (Lipinski definition) is 7. The Balaban J connectivity index is 1.59. The topological polar surface area (TPSA) is 89.2 Å². The van der Waals surface area contributed by atoms with E-state index < -0.39 is 9.84 Å². The van der Waals surface area contributed by atoms with Crippen molar-refractivity contribution in [3.8, 4) is 11.4 Å². The molecule has 1 saturated heterocycles. The van der Waals surface area contributed by atoms with Crippen LogP contribution < -0.4 is 4.90 Å². The third kappa shape index (κ3) is 3.75.